The lowest BCUT2D eigenvalue weighted by Crippen LogP contribution is -2.28. The Morgan fingerprint density at radius 2 is 2.22 bits per heavy atom. The molecule has 5 nitrogen and oxygen atoms in total. The number of halogens is 2. The number of carbonyl (C=O) groups excluding carboxylic acids is 1. The molecule has 1 rings (SSSR count). The summed E-state index contributed by atoms with van der Waals surface area (Å²) in [6.07, 6.45) is 0. The Bertz CT molecular complexity index is 468. The number of nitrogens with zero attached hydrogens (tertiary/aromatic N) is 1. The summed E-state index contributed by atoms with van der Waals surface area (Å²) >= 11 is 3.26. The molecule has 1 N–H and O–H groups in total. The Morgan fingerprint density at radius 1 is 1.56 bits per heavy atom. The summed E-state index contributed by atoms with van der Waals surface area (Å²) in [4.78, 5) is 21.5. The van der Waals surface area contributed by atoms with Crippen LogP contribution in [0.25, 0.3) is 0 Å². The van der Waals surface area contributed by atoms with Crippen LogP contribution in [-0.4, -0.2) is 22.7 Å². The van der Waals surface area contributed by atoms with E-state index in [1.54, 1.807) is 0 Å². The minimum atomic E-state index is -0.803. The largest absolute Gasteiger partial charge is 0.352 e. The van der Waals surface area contributed by atoms with E-state index in [0.29, 0.717) is 6.54 Å². The number of alkyl halides is 1. The number of hydrogen-bond acceptors (Lipinski definition) is 3. The Hall–Kier alpha value is -1.50. The molecule has 1 unspecified atom stereocenters. The lowest BCUT2D eigenvalue weighted by Gasteiger charge is -2.09. The van der Waals surface area contributed by atoms with Gasteiger partial charge in [0.05, 0.1) is 11.0 Å². The van der Waals surface area contributed by atoms with E-state index in [4.69, 9.17) is 0 Å². The van der Waals surface area contributed by atoms with Gasteiger partial charge in [-0.15, -0.1) is 0 Å². The summed E-state index contributed by atoms with van der Waals surface area (Å²) in [5.41, 5.74) is -0.489. The molecule has 18 heavy (non-hydrogen) atoms. The fourth-order valence-electron chi connectivity index (χ4n) is 1.23. The molecular formula is C11H12BrFN2O3. The Kier molecular flexibility index (Phi) is 5.21. The number of hydrogen-bond donors (Lipinski definition) is 1. The first kappa shape index (κ1) is 14.6. The van der Waals surface area contributed by atoms with Crippen LogP contribution in [0.2, 0.25) is 0 Å². The van der Waals surface area contributed by atoms with Gasteiger partial charge in [0.2, 0.25) is 0 Å². The zero-order valence-corrected chi connectivity index (χ0v) is 11.2. The number of amides is 1. The van der Waals surface area contributed by atoms with Crippen LogP contribution in [0.1, 0.15) is 17.3 Å². The second-order valence-electron chi connectivity index (χ2n) is 3.92. The lowest BCUT2D eigenvalue weighted by molar-refractivity contribution is -0.385. The molecule has 1 aromatic carbocycles. The molecule has 0 aromatic heterocycles. The normalized spacial score (nSPS) is 11.9. The van der Waals surface area contributed by atoms with Gasteiger partial charge < -0.3 is 5.32 Å². The maximum Gasteiger partial charge on any atom is 0.273 e. The van der Waals surface area contributed by atoms with Gasteiger partial charge in [0.25, 0.3) is 11.6 Å². The van der Waals surface area contributed by atoms with Gasteiger partial charge in [0.15, 0.2) is 0 Å². The predicted molar refractivity (Wildman–Crippen MR) is 68.3 cm³/mol. The minimum Gasteiger partial charge on any atom is -0.352 e. The van der Waals surface area contributed by atoms with E-state index in [9.17, 15) is 19.3 Å². The first-order valence-corrected chi connectivity index (χ1v) is 6.35. The highest BCUT2D eigenvalue weighted by atomic mass is 79.9. The third-order valence-electron chi connectivity index (χ3n) is 2.23. The van der Waals surface area contributed by atoms with Crippen LogP contribution in [0.3, 0.4) is 0 Å². The van der Waals surface area contributed by atoms with E-state index in [2.05, 4.69) is 21.2 Å². The Labute approximate surface area is 112 Å². The van der Waals surface area contributed by atoms with Crippen LogP contribution in [0.15, 0.2) is 18.2 Å². The van der Waals surface area contributed by atoms with Crippen molar-refractivity contribution in [2.75, 3.05) is 11.9 Å². The summed E-state index contributed by atoms with van der Waals surface area (Å²) < 4.78 is 13.1. The van der Waals surface area contributed by atoms with Crippen LogP contribution in [0, 0.1) is 21.8 Å². The van der Waals surface area contributed by atoms with Crippen LogP contribution >= 0.6 is 15.9 Å². The molecule has 0 bridgehead atoms. The molecule has 98 valence electrons. The van der Waals surface area contributed by atoms with E-state index in [0.717, 1.165) is 23.5 Å². The van der Waals surface area contributed by atoms with E-state index in [1.165, 1.54) is 0 Å². The van der Waals surface area contributed by atoms with Crippen molar-refractivity contribution in [1.29, 1.82) is 0 Å². The SMILES string of the molecule is CC(CBr)CNC(=O)c1cc(F)cc([N+](=O)[O-])c1. The summed E-state index contributed by atoms with van der Waals surface area (Å²) in [5.74, 6) is -1.11. The molecule has 0 radical (unpaired) electrons. The number of rotatable bonds is 5. The molecule has 0 aliphatic carbocycles. The van der Waals surface area contributed by atoms with E-state index in [1.807, 2.05) is 6.92 Å². The van der Waals surface area contributed by atoms with Crippen molar-refractivity contribution >= 4 is 27.5 Å². The molecule has 7 heteroatoms. The molecule has 0 saturated carbocycles. The maximum absolute atomic E-state index is 13.1. The zero-order valence-electron chi connectivity index (χ0n) is 9.65. The van der Waals surface area contributed by atoms with Gasteiger partial charge in [-0.1, -0.05) is 22.9 Å². The van der Waals surface area contributed by atoms with E-state index in [-0.39, 0.29) is 11.5 Å². The quantitative estimate of drug-likeness (QED) is 0.515. The minimum absolute atomic E-state index is 0.0523. The van der Waals surface area contributed by atoms with E-state index < -0.39 is 22.3 Å². The molecule has 0 aliphatic heterocycles. The van der Waals surface area contributed by atoms with Gasteiger partial charge in [0, 0.05) is 23.5 Å². The second kappa shape index (κ2) is 6.44. The fraction of sp³-hybridized carbons (Fsp3) is 0.364. The number of non-ortho nitro benzene ring substituents is 1. The first-order valence-electron chi connectivity index (χ1n) is 5.23. The van der Waals surface area contributed by atoms with Crippen molar-refractivity contribution in [1.82, 2.24) is 5.32 Å². The van der Waals surface area contributed by atoms with Crippen molar-refractivity contribution in [3.05, 3.63) is 39.7 Å². The molecule has 0 aliphatic rings. The number of nitro benzene ring substituents is 1. The lowest BCUT2D eigenvalue weighted by atomic mass is 10.1. The van der Waals surface area contributed by atoms with Crippen LogP contribution in [0.4, 0.5) is 10.1 Å². The fourth-order valence-corrected chi connectivity index (χ4v) is 1.46. The number of nitro groups is 1. The standard InChI is InChI=1S/C11H12BrFN2O3/c1-7(5-12)6-14-11(16)8-2-9(13)4-10(3-8)15(17)18/h2-4,7H,5-6H2,1H3,(H,14,16). The van der Waals surface area contributed by atoms with Crippen molar-refractivity contribution in [3.8, 4) is 0 Å². The summed E-state index contributed by atoms with van der Waals surface area (Å²) in [6, 6.07) is 2.80. The summed E-state index contributed by atoms with van der Waals surface area (Å²) in [7, 11) is 0. The van der Waals surface area contributed by atoms with Gasteiger partial charge in [0.1, 0.15) is 5.82 Å². The maximum atomic E-state index is 13.1. The average molecular weight is 319 g/mol. The zero-order chi connectivity index (χ0) is 13.7. The van der Waals surface area contributed by atoms with Crippen LogP contribution in [-0.2, 0) is 0 Å². The monoisotopic (exact) mass is 318 g/mol. The van der Waals surface area contributed by atoms with Gasteiger partial charge >= 0.3 is 0 Å². The van der Waals surface area contributed by atoms with Gasteiger partial charge in [-0.2, -0.15) is 0 Å². The number of nitrogens with one attached hydrogen (secondary N) is 1. The number of carbonyl (C=O) groups is 1. The predicted octanol–water partition coefficient (Wildman–Crippen LogP) is 2.49. The van der Waals surface area contributed by atoms with Crippen LogP contribution < -0.4 is 5.32 Å². The Morgan fingerprint density at radius 3 is 2.78 bits per heavy atom. The summed E-state index contributed by atoms with van der Waals surface area (Å²) in [6.45, 7) is 2.33. The molecular weight excluding hydrogens is 307 g/mol. The van der Waals surface area contributed by atoms with Crippen molar-refractivity contribution in [2.24, 2.45) is 5.92 Å². The molecule has 1 aromatic rings. The highest BCUT2D eigenvalue weighted by molar-refractivity contribution is 9.09. The summed E-state index contributed by atoms with van der Waals surface area (Å²) in [5, 5.41) is 13.8. The third-order valence-corrected chi connectivity index (χ3v) is 3.34. The van der Waals surface area contributed by atoms with Crippen molar-refractivity contribution in [3.63, 3.8) is 0 Å². The molecule has 0 fully saturated rings. The molecule has 0 saturated heterocycles. The van der Waals surface area contributed by atoms with Crippen molar-refractivity contribution in [2.45, 2.75) is 6.92 Å². The van der Waals surface area contributed by atoms with Gasteiger partial charge in [-0.05, 0) is 12.0 Å². The Balaban J connectivity index is 2.82. The highest BCUT2D eigenvalue weighted by Crippen LogP contribution is 2.16. The van der Waals surface area contributed by atoms with Gasteiger partial charge in [-0.25, -0.2) is 4.39 Å². The third kappa shape index (κ3) is 4.06. The molecule has 0 heterocycles. The van der Waals surface area contributed by atoms with E-state index >= 15 is 0 Å². The van der Waals surface area contributed by atoms with Crippen LogP contribution in [0.5, 0.6) is 0 Å². The second-order valence-corrected chi connectivity index (χ2v) is 4.57. The topological polar surface area (TPSA) is 72.2 Å². The molecule has 1 amide bonds. The van der Waals surface area contributed by atoms with Crippen molar-refractivity contribution < 1.29 is 14.1 Å². The molecule has 1 atom stereocenters. The molecule has 0 spiro atoms. The average Bonchev–Trinajstić information content (AvgIpc) is 2.34. The smallest absolute Gasteiger partial charge is 0.273 e. The first-order chi connectivity index (χ1) is 8.43. The van der Waals surface area contributed by atoms with Gasteiger partial charge in [-0.3, -0.25) is 14.9 Å². The number of benzene rings is 1. The highest BCUT2D eigenvalue weighted by Gasteiger charge is 2.14.